The van der Waals surface area contributed by atoms with Gasteiger partial charge in [-0.1, -0.05) is 18.3 Å². The summed E-state index contributed by atoms with van der Waals surface area (Å²) < 4.78 is 5.21. The van der Waals surface area contributed by atoms with Crippen molar-refractivity contribution in [3.8, 4) is 0 Å². The molecular formula is C14H23N3O3S. The van der Waals surface area contributed by atoms with Gasteiger partial charge in [0.2, 0.25) is 0 Å². The van der Waals surface area contributed by atoms with Crippen LogP contribution < -0.4 is 11.1 Å². The number of carbonyl (C=O) groups is 2. The molecule has 0 radical (unpaired) electrons. The maximum absolute atomic E-state index is 11.6. The van der Waals surface area contributed by atoms with E-state index in [-0.39, 0.29) is 17.6 Å². The van der Waals surface area contributed by atoms with Crippen LogP contribution in [0.4, 0.5) is 10.9 Å². The minimum atomic E-state index is -0.455. The molecule has 118 valence electrons. The number of hydrogen-bond donors (Lipinski definition) is 2. The third-order valence-electron chi connectivity index (χ3n) is 2.48. The van der Waals surface area contributed by atoms with Gasteiger partial charge >= 0.3 is 5.97 Å². The van der Waals surface area contributed by atoms with E-state index < -0.39 is 5.60 Å². The van der Waals surface area contributed by atoms with E-state index in [1.807, 2.05) is 20.8 Å². The van der Waals surface area contributed by atoms with E-state index in [4.69, 9.17) is 10.5 Å². The lowest BCUT2D eigenvalue weighted by molar-refractivity contribution is -0.154. The van der Waals surface area contributed by atoms with Gasteiger partial charge in [-0.3, -0.25) is 9.59 Å². The number of thiazole rings is 1. The molecule has 7 heteroatoms. The van der Waals surface area contributed by atoms with Crippen molar-refractivity contribution in [3.63, 3.8) is 0 Å². The lowest BCUT2D eigenvalue weighted by atomic mass is 10.2. The minimum Gasteiger partial charge on any atom is -0.460 e. The van der Waals surface area contributed by atoms with Crippen molar-refractivity contribution in [1.29, 1.82) is 0 Å². The number of rotatable bonds is 7. The topological polar surface area (TPSA) is 94.3 Å². The molecule has 0 saturated carbocycles. The van der Waals surface area contributed by atoms with Crippen LogP contribution in [-0.4, -0.2) is 28.9 Å². The maximum atomic E-state index is 11.6. The second-order valence-corrected chi connectivity index (χ2v) is 6.63. The number of nitrogens with one attached hydrogen (secondary N) is 1. The van der Waals surface area contributed by atoms with Gasteiger partial charge in [0.15, 0.2) is 10.9 Å². The van der Waals surface area contributed by atoms with E-state index in [0.717, 1.165) is 0 Å². The standard InChI is InChI=1S/C14H23N3O3S/c1-5-9(18)11-12(15)17-13(21-11)16-8-6-7-10(19)20-14(2,3)4/h5-8,15H2,1-4H3,(H,16,17). The van der Waals surface area contributed by atoms with E-state index >= 15 is 0 Å². The zero-order valence-corrected chi connectivity index (χ0v) is 13.8. The number of Topliss-reactive ketones (excluding diaryl/α,β-unsaturated/α-hetero) is 1. The number of nitrogens with zero attached hydrogens (tertiary/aromatic N) is 1. The number of nitrogen functional groups attached to an aromatic ring is 1. The number of ether oxygens (including phenoxy) is 1. The summed E-state index contributed by atoms with van der Waals surface area (Å²) in [5, 5.41) is 3.68. The van der Waals surface area contributed by atoms with E-state index in [9.17, 15) is 9.59 Å². The van der Waals surface area contributed by atoms with Crippen LogP contribution in [-0.2, 0) is 9.53 Å². The van der Waals surface area contributed by atoms with Crippen LogP contribution in [0.5, 0.6) is 0 Å². The summed E-state index contributed by atoms with van der Waals surface area (Å²) in [7, 11) is 0. The number of aromatic nitrogens is 1. The number of ketones is 1. The SMILES string of the molecule is CCC(=O)c1sc(NCCCC(=O)OC(C)(C)C)nc1N. The predicted octanol–water partition coefficient (Wildman–Crippen LogP) is 2.85. The van der Waals surface area contributed by atoms with Crippen molar-refractivity contribution in [2.24, 2.45) is 0 Å². The molecule has 21 heavy (non-hydrogen) atoms. The molecule has 6 nitrogen and oxygen atoms in total. The van der Waals surface area contributed by atoms with Crippen LogP contribution in [0.15, 0.2) is 0 Å². The Morgan fingerprint density at radius 1 is 1.38 bits per heavy atom. The number of carbonyl (C=O) groups excluding carboxylic acids is 2. The van der Waals surface area contributed by atoms with Gasteiger partial charge in [0.1, 0.15) is 16.3 Å². The maximum Gasteiger partial charge on any atom is 0.306 e. The van der Waals surface area contributed by atoms with Crippen molar-refractivity contribution >= 4 is 34.0 Å². The van der Waals surface area contributed by atoms with Crippen LogP contribution in [0.1, 0.15) is 56.6 Å². The summed E-state index contributed by atoms with van der Waals surface area (Å²) >= 11 is 1.25. The first-order valence-electron chi connectivity index (χ1n) is 6.98. The Balaban J connectivity index is 2.37. The fourth-order valence-electron chi connectivity index (χ4n) is 1.59. The van der Waals surface area contributed by atoms with E-state index in [1.165, 1.54) is 11.3 Å². The highest BCUT2D eigenvalue weighted by Gasteiger charge is 2.16. The average Bonchev–Trinajstić information content (AvgIpc) is 2.73. The summed E-state index contributed by atoms with van der Waals surface area (Å²) in [6.45, 7) is 7.89. The highest BCUT2D eigenvalue weighted by atomic mass is 32.1. The first-order chi connectivity index (χ1) is 9.73. The van der Waals surface area contributed by atoms with E-state index in [0.29, 0.717) is 35.8 Å². The van der Waals surface area contributed by atoms with Crippen molar-refractivity contribution in [2.45, 2.75) is 52.6 Å². The summed E-state index contributed by atoms with van der Waals surface area (Å²) in [4.78, 5) is 27.7. The monoisotopic (exact) mass is 313 g/mol. The van der Waals surface area contributed by atoms with Crippen LogP contribution in [0.25, 0.3) is 0 Å². The first kappa shape index (κ1) is 17.4. The number of anilines is 2. The van der Waals surface area contributed by atoms with Crippen molar-refractivity contribution in [1.82, 2.24) is 4.98 Å². The van der Waals surface area contributed by atoms with Gasteiger partial charge < -0.3 is 15.8 Å². The Morgan fingerprint density at radius 2 is 2.05 bits per heavy atom. The van der Waals surface area contributed by atoms with Crippen LogP contribution >= 0.6 is 11.3 Å². The third kappa shape index (κ3) is 6.12. The largest absolute Gasteiger partial charge is 0.460 e. The number of hydrogen-bond acceptors (Lipinski definition) is 7. The zero-order chi connectivity index (χ0) is 16.0. The molecule has 1 aromatic heterocycles. The van der Waals surface area contributed by atoms with Crippen molar-refractivity contribution in [2.75, 3.05) is 17.6 Å². The summed E-state index contributed by atoms with van der Waals surface area (Å²) in [5.41, 5.74) is 5.25. The molecule has 1 rings (SSSR count). The molecule has 0 aliphatic carbocycles. The summed E-state index contributed by atoms with van der Waals surface area (Å²) in [5.74, 6) is 0.0399. The van der Waals surface area contributed by atoms with Gasteiger partial charge in [0.25, 0.3) is 0 Å². The molecule has 3 N–H and O–H groups in total. The minimum absolute atomic E-state index is 0.00759. The van der Waals surface area contributed by atoms with Gasteiger partial charge in [-0.05, 0) is 27.2 Å². The zero-order valence-electron chi connectivity index (χ0n) is 13.0. The van der Waals surface area contributed by atoms with Crippen molar-refractivity contribution in [3.05, 3.63) is 4.88 Å². The average molecular weight is 313 g/mol. The molecular weight excluding hydrogens is 290 g/mol. The molecule has 0 fully saturated rings. The van der Waals surface area contributed by atoms with E-state index in [1.54, 1.807) is 6.92 Å². The molecule has 0 saturated heterocycles. The molecule has 0 spiro atoms. The second-order valence-electron chi connectivity index (χ2n) is 5.63. The molecule has 0 aliphatic rings. The third-order valence-corrected chi connectivity index (χ3v) is 3.55. The predicted molar refractivity (Wildman–Crippen MR) is 84.7 cm³/mol. The van der Waals surface area contributed by atoms with Gasteiger partial charge in [-0.25, -0.2) is 4.98 Å². The molecule has 0 aliphatic heterocycles. The molecule has 0 atom stereocenters. The summed E-state index contributed by atoms with van der Waals surface area (Å²) in [6, 6.07) is 0. The van der Waals surface area contributed by atoms with E-state index in [2.05, 4.69) is 10.3 Å². The lowest BCUT2D eigenvalue weighted by Gasteiger charge is -2.19. The van der Waals surface area contributed by atoms with Crippen LogP contribution in [0, 0.1) is 0 Å². The molecule has 0 amide bonds. The molecule has 0 unspecified atom stereocenters. The Labute approximate surface area is 129 Å². The van der Waals surface area contributed by atoms with Crippen LogP contribution in [0.2, 0.25) is 0 Å². The van der Waals surface area contributed by atoms with Gasteiger partial charge in [0.05, 0.1) is 0 Å². The van der Waals surface area contributed by atoms with Gasteiger partial charge in [-0.15, -0.1) is 0 Å². The van der Waals surface area contributed by atoms with Crippen molar-refractivity contribution < 1.29 is 14.3 Å². The van der Waals surface area contributed by atoms with Crippen LogP contribution in [0.3, 0.4) is 0 Å². The number of nitrogens with two attached hydrogens (primary N) is 1. The Morgan fingerprint density at radius 3 is 2.62 bits per heavy atom. The molecule has 0 aromatic carbocycles. The quantitative estimate of drug-likeness (QED) is 0.456. The van der Waals surface area contributed by atoms with Gasteiger partial charge in [0, 0.05) is 19.4 Å². The normalized spacial score (nSPS) is 11.2. The molecule has 0 bridgehead atoms. The first-order valence-corrected chi connectivity index (χ1v) is 7.79. The highest BCUT2D eigenvalue weighted by Crippen LogP contribution is 2.26. The smallest absolute Gasteiger partial charge is 0.306 e. The summed E-state index contributed by atoms with van der Waals surface area (Å²) in [6.07, 6.45) is 1.38. The Bertz CT molecular complexity index is 506. The van der Waals surface area contributed by atoms with Gasteiger partial charge in [-0.2, -0.15) is 0 Å². The fraction of sp³-hybridized carbons (Fsp3) is 0.643. The Hall–Kier alpha value is -1.63. The second kappa shape index (κ2) is 7.40. The number of esters is 1. The Kier molecular flexibility index (Phi) is 6.14. The fourth-order valence-corrected chi connectivity index (χ4v) is 2.51. The lowest BCUT2D eigenvalue weighted by Crippen LogP contribution is -2.24. The molecule has 1 aromatic rings. The molecule has 1 heterocycles. The highest BCUT2D eigenvalue weighted by molar-refractivity contribution is 7.18.